The van der Waals surface area contributed by atoms with Crippen LogP contribution in [0.2, 0.25) is 0 Å². The Labute approximate surface area is 178 Å². The van der Waals surface area contributed by atoms with Crippen LogP contribution in [0.4, 0.5) is 17.2 Å². The number of hydrogen-bond donors (Lipinski definition) is 2. The number of para-hydroxylation sites is 3. The van der Waals surface area contributed by atoms with Crippen LogP contribution in [-0.2, 0) is 4.79 Å². The molecule has 0 spiro atoms. The van der Waals surface area contributed by atoms with Crippen LogP contribution in [-0.4, -0.2) is 21.6 Å². The van der Waals surface area contributed by atoms with Crippen LogP contribution in [0.5, 0.6) is 0 Å². The summed E-state index contributed by atoms with van der Waals surface area (Å²) in [6.45, 7) is 0. The van der Waals surface area contributed by atoms with Crippen molar-refractivity contribution in [2.45, 2.75) is 5.16 Å². The van der Waals surface area contributed by atoms with Crippen molar-refractivity contribution in [2.75, 3.05) is 16.4 Å². The zero-order valence-corrected chi connectivity index (χ0v) is 16.7. The summed E-state index contributed by atoms with van der Waals surface area (Å²) in [5.74, 6) is 0.588. The lowest BCUT2D eigenvalue weighted by Crippen LogP contribution is -2.15. The minimum Gasteiger partial charge on any atom is -0.340 e. The van der Waals surface area contributed by atoms with Gasteiger partial charge in [0.1, 0.15) is 11.9 Å². The van der Waals surface area contributed by atoms with Crippen molar-refractivity contribution in [1.29, 1.82) is 5.26 Å². The van der Waals surface area contributed by atoms with Gasteiger partial charge in [-0.05, 0) is 36.4 Å². The van der Waals surface area contributed by atoms with E-state index in [-0.39, 0.29) is 11.7 Å². The Kier molecular flexibility index (Phi) is 5.88. The first-order chi connectivity index (χ1) is 14.7. The van der Waals surface area contributed by atoms with Crippen LogP contribution < -0.4 is 10.6 Å². The summed E-state index contributed by atoms with van der Waals surface area (Å²) in [5.41, 5.74) is 2.63. The van der Waals surface area contributed by atoms with Gasteiger partial charge in [0.2, 0.25) is 5.91 Å². The maximum absolute atomic E-state index is 12.4. The lowest BCUT2D eigenvalue weighted by atomic mass is 10.2. The van der Waals surface area contributed by atoms with Crippen molar-refractivity contribution in [3.8, 4) is 6.07 Å². The van der Waals surface area contributed by atoms with Crippen molar-refractivity contribution in [1.82, 2.24) is 9.97 Å². The molecule has 146 valence electrons. The van der Waals surface area contributed by atoms with Gasteiger partial charge in [-0.3, -0.25) is 4.79 Å². The number of aromatic nitrogens is 2. The predicted molar refractivity (Wildman–Crippen MR) is 120 cm³/mol. The number of fused-ring (bicyclic) bond motifs is 1. The van der Waals surface area contributed by atoms with Gasteiger partial charge in [0, 0.05) is 11.1 Å². The quantitative estimate of drug-likeness (QED) is 0.344. The average molecular weight is 411 g/mol. The highest BCUT2D eigenvalue weighted by Gasteiger charge is 2.12. The molecule has 0 aliphatic heterocycles. The molecule has 4 aromatic rings. The second kappa shape index (κ2) is 9.07. The summed E-state index contributed by atoms with van der Waals surface area (Å²) in [5, 5.41) is 16.7. The van der Waals surface area contributed by atoms with Gasteiger partial charge in [-0.1, -0.05) is 54.2 Å². The number of carbonyl (C=O) groups is 1. The first kappa shape index (κ1) is 19.4. The SMILES string of the molecule is N#Cc1ccccc1NC(=O)CSc1nc(Nc2ccccc2)c2ccccc2n1. The maximum Gasteiger partial charge on any atom is 0.234 e. The van der Waals surface area contributed by atoms with E-state index >= 15 is 0 Å². The van der Waals surface area contributed by atoms with E-state index in [1.54, 1.807) is 24.3 Å². The minimum absolute atomic E-state index is 0.128. The molecule has 0 saturated heterocycles. The minimum atomic E-state index is -0.225. The van der Waals surface area contributed by atoms with Gasteiger partial charge in [0.05, 0.1) is 22.5 Å². The number of hydrogen-bond acceptors (Lipinski definition) is 6. The van der Waals surface area contributed by atoms with E-state index < -0.39 is 0 Å². The average Bonchev–Trinajstić information content (AvgIpc) is 2.79. The van der Waals surface area contributed by atoms with Crippen LogP contribution in [0.1, 0.15) is 5.56 Å². The number of nitrogens with zero attached hydrogens (tertiary/aromatic N) is 3. The normalized spacial score (nSPS) is 10.4. The Morgan fingerprint density at radius 1 is 0.933 bits per heavy atom. The van der Waals surface area contributed by atoms with Crippen molar-refractivity contribution in [2.24, 2.45) is 0 Å². The molecule has 0 aliphatic rings. The van der Waals surface area contributed by atoms with Gasteiger partial charge in [-0.15, -0.1) is 0 Å². The predicted octanol–water partition coefficient (Wildman–Crippen LogP) is 4.98. The highest BCUT2D eigenvalue weighted by Crippen LogP contribution is 2.27. The fourth-order valence-electron chi connectivity index (χ4n) is 2.88. The number of nitriles is 1. The van der Waals surface area contributed by atoms with Gasteiger partial charge in [-0.2, -0.15) is 5.26 Å². The van der Waals surface area contributed by atoms with Gasteiger partial charge in [0.25, 0.3) is 0 Å². The molecule has 0 bridgehead atoms. The monoisotopic (exact) mass is 411 g/mol. The Hall–Kier alpha value is -3.89. The third-order valence-electron chi connectivity index (χ3n) is 4.27. The second-order valence-electron chi connectivity index (χ2n) is 6.36. The van der Waals surface area contributed by atoms with Crippen molar-refractivity contribution in [3.63, 3.8) is 0 Å². The summed E-state index contributed by atoms with van der Waals surface area (Å²) in [6, 6.07) is 26.5. The van der Waals surface area contributed by atoms with E-state index in [0.29, 0.717) is 22.2 Å². The zero-order chi connectivity index (χ0) is 20.8. The van der Waals surface area contributed by atoms with Crippen LogP contribution in [0.3, 0.4) is 0 Å². The van der Waals surface area contributed by atoms with Gasteiger partial charge in [-0.25, -0.2) is 9.97 Å². The van der Waals surface area contributed by atoms with Crippen LogP contribution in [0.15, 0.2) is 84.0 Å². The van der Waals surface area contributed by atoms with Crippen molar-refractivity contribution < 1.29 is 4.79 Å². The van der Waals surface area contributed by atoms with E-state index in [9.17, 15) is 4.79 Å². The first-order valence-electron chi connectivity index (χ1n) is 9.23. The van der Waals surface area contributed by atoms with E-state index in [2.05, 4.69) is 26.7 Å². The first-order valence-corrected chi connectivity index (χ1v) is 10.2. The van der Waals surface area contributed by atoms with E-state index in [1.807, 2.05) is 54.6 Å². The number of anilines is 3. The molecule has 1 aromatic heterocycles. The largest absolute Gasteiger partial charge is 0.340 e. The molecule has 7 heteroatoms. The number of thioether (sulfide) groups is 1. The lowest BCUT2D eigenvalue weighted by molar-refractivity contribution is -0.113. The summed E-state index contributed by atoms with van der Waals surface area (Å²) in [4.78, 5) is 21.6. The van der Waals surface area contributed by atoms with Crippen LogP contribution in [0, 0.1) is 11.3 Å². The van der Waals surface area contributed by atoms with Crippen LogP contribution in [0.25, 0.3) is 10.9 Å². The van der Waals surface area contributed by atoms with Gasteiger partial charge >= 0.3 is 0 Å². The summed E-state index contributed by atoms with van der Waals surface area (Å²) >= 11 is 1.24. The molecule has 2 N–H and O–H groups in total. The smallest absolute Gasteiger partial charge is 0.234 e. The number of nitrogens with one attached hydrogen (secondary N) is 2. The Bertz CT molecular complexity index is 1240. The van der Waals surface area contributed by atoms with Gasteiger partial charge in [0.15, 0.2) is 5.16 Å². The molecule has 0 aliphatic carbocycles. The van der Waals surface area contributed by atoms with Crippen molar-refractivity contribution in [3.05, 3.63) is 84.4 Å². The molecule has 6 nitrogen and oxygen atoms in total. The zero-order valence-electron chi connectivity index (χ0n) is 15.9. The number of rotatable bonds is 6. The molecule has 30 heavy (non-hydrogen) atoms. The van der Waals surface area contributed by atoms with E-state index in [4.69, 9.17) is 5.26 Å². The molecule has 1 amide bonds. The second-order valence-corrected chi connectivity index (χ2v) is 7.30. The summed E-state index contributed by atoms with van der Waals surface area (Å²) < 4.78 is 0. The van der Waals surface area contributed by atoms with Crippen molar-refractivity contribution >= 4 is 45.8 Å². The molecule has 4 rings (SSSR count). The number of amides is 1. The molecular weight excluding hydrogens is 394 g/mol. The topological polar surface area (TPSA) is 90.7 Å². The molecule has 0 radical (unpaired) electrons. The fraction of sp³-hybridized carbons (Fsp3) is 0.0435. The third kappa shape index (κ3) is 4.57. The Balaban J connectivity index is 1.53. The molecule has 1 heterocycles. The van der Waals surface area contributed by atoms with Gasteiger partial charge < -0.3 is 10.6 Å². The number of benzene rings is 3. The molecule has 0 fully saturated rings. The third-order valence-corrected chi connectivity index (χ3v) is 5.12. The Morgan fingerprint density at radius 2 is 1.67 bits per heavy atom. The van der Waals surface area contributed by atoms with Crippen LogP contribution >= 0.6 is 11.8 Å². The summed E-state index contributed by atoms with van der Waals surface area (Å²) in [7, 11) is 0. The fourth-order valence-corrected chi connectivity index (χ4v) is 3.53. The molecule has 0 atom stereocenters. The number of carbonyl (C=O) groups excluding carboxylic acids is 1. The van der Waals surface area contributed by atoms with E-state index in [1.165, 1.54) is 11.8 Å². The highest BCUT2D eigenvalue weighted by atomic mass is 32.2. The molecule has 0 unspecified atom stereocenters. The lowest BCUT2D eigenvalue weighted by Gasteiger charge is -2.11. The highest BCUT2D eigenvalue weighted by molar-refractivity contribution is 7.99. The standard InChI is InChI=1S/C23H17N5OS/c24-14-16-8-4-6-12-19(16)26-21(29)15-30-23-27-20-13-7-5-11-18(20)22(28-23)25-17-9-2-1-3-10-17/h1-13H,15H2,(H,26,29)(H,25,27,28). The molecular formula is C23H17N5OS. The molecule has 0 saturated carbocycles. The molecule has 3 aromatic carbocycles. The Morgan fingerprint density at radius 3 is 2.50 bits per heavy atom. The van der Waals surface area contributed by atoms with E-state index in [0.717, 1.165) is 16.6 Å². The summed E-state index contributed by atoms with van der Waals surface area (Å²) in [6.07, 6.45) is 0. The maximum atomic E-state index is 12.4.